The van der Waals surface area contributed by atoms with Gasteiger partial charge < -0.3 is 14.2 Å². The number of ether oxygens (including phenoxy) is 3. The van der Waals surface area contributed by atoms with E-state index < -0.39 is 6.10 Å². The second kappa shape index (κ2) is 69.6. The van der Waals surface area contributed by atoms with Crippen LogP contribution in [-0.4, -0.2) is 37.2 Å². The van der Waals surface area contributed by atoms with Crippen molar-refractivity contribution >= 4 is 17.9 Å². The fourth-order valence-electron chi connectivity index (χ4n) is 9.81. The molecule has 0 aromatic heterocycles. The Hall–Kier alpha value is -3.93. The monoisotopic (exact) mass is 1140 g/mol. The number of carbonyl (C=O) groups excluding carboxylic acids is 3. The third-order valence-corrected chi connectivity index (χ3v) is 15.0. The van der Waals surface area contributed by atoms with Gasteiger partial charge in [0.05, 0.1) is 0 Å². The molecule has 0 aliphatic carbocycles. The first-order valence-electron chi connectivity index (χ1n) is 34.9. The molecule has 1 unspecified atom stereocenters. The number of hydrogen-bond acceptors (Lipinski definition) is 6. The highest BCUT2D eigenvalue weighted by molar-refractivity contribution is 5.71. The van der Waals surface area contributed by atoms with Crippen molar-refractivity contribution in [1.29, 1.82) is 0 Å². The topological polar surface area (TPSA) is 78.9 Å². The van der Waals surface area contributed by atoms with E-state index in [1.165, 1.54) is 173 Å². The van der Waals surface area contributed by atoms with Gasteiger partial charge in [-0.3, -0.25) is 14.4 Å². The van der Waals surface area contributed by atoms with E-state index in [0.717, 1.165) is 122 Å². The van der Waals surface area contributed by atoms with Crippen molar-refractivity contribution in [2.24, 2.45) is 0 Å². The minimum absolute atomic E-state index is 0.0803. The van der Waals surface area contributed by atoms with E-state index in [0.29, 0.717) is 19.3 Å². The summed E-state index contributed by atoms with van der Waals surface area (Å²) in [4.78, 5) is 38.3. The molecule has 0 saturated heterocycles. The summed E-state index contributed by atoms with van der Waals surface area (Å²) < 4.78 is 16.9. The maximum absolute atomic E-state index is 12.9. The highest BCUT2D eigenvalue weighted by Gasteiger charge is 2.19. The lowest BCUT2D eigenvalue weighted by molar-refractivity contribution is -0.167. The predicted molar refractivity (Wildman–Crippen MR) is 357 cm³/mol. The zero-order valence-corrected chi connectivity index (χ0v) is 54.0. The summed E-state index contributed by atoms with van der Waals surface area (Å²) in [5, 5.41) is 0. The average Bonchev–Trinajstić information content (AvgIpc) is 3.47. The van der Waals surface area contributed by atoms with Crippen LogP contribution in [0.4, 0.5) is 0 Å². The van der Waals surface area contributed by atoms with Gasteiger partial charge in [-0.15, -0.1) is 0 Å². The van der Waals surface area contributed by atoms with Crippen molar-refractivity contribution in [1.82, 2.24) is 0 Å². The fraction of sp³-hybridized carbons (Fsp3) is 0.724. The lowest BCUT2D eigenvalue weighted by atomic mass is 10.0. The second-order valence-corrected chi connectivity index (χ2v) is 23.1. The second-order valence-electron chi connectivity index (χ2n) is 23.1. The maximum Gasteiger partial charge on any atom is 0.306 e. The Morgan fingerprint density at radius 1 is 0.256 bits per heavy atom. The number of unbranched alkanes of at least 4 members (excludes halogenated alkanes) is 34. The standard InChI is InChI=1S/C76H130O6/c1-4-7-10-13-16-19-22-24-26-28-30-32-34-35-36-37-38-39-40-41-43-44-46-48-50-52-54-57-60-63-66-69-75(78)81-72-73(71-80-74(77)68-65-62-59-56-21-18-15-12-9-6-3)82-76(79)70-67-64-61-58-55-53-51-49-47-45-42-33-31-29-27-25-23-20-17-14-11-8-5-2/h7,10,16,19,24,26,29-32,35-36,38-39,41,43,46,48,73H,4-6,8-9,11-15,17-18,20-23,25,27-28,33-34,37,40,42,44-45,47,49-72H2,1-3H3/b10-7-,19-16-,26-24-,31-29-,32-30-,36-35-,39-38-,43-41-,48-46-. The normalized spacial score (nSPS) is 12.8. The molecule has 0 aliphatic rings. The molecule has 0 bridgehead atoms. The van der Waals surface area contributed by atoms with Crippen LogP contribution in [0.15, 0.2) is 109 Å². The Kier molecular flexibility index (Phi) is 66.2. The van der Waals surface area contributed by atoms with Crippen LogP contribution in [0.2, 0.25) is 0 Å². The van der Waals surface area contributed by atoms with E-state index in [1.807, 2.05) is 0 Å². The van der Waals surface area contributed by atoms with E-state index in [2.05, 4.69) is 130 Å². The van der Waals surface area contributed by atoms with E-state index in [1.54, 1.807) is 0 Å². The first kappa shape index (κ1) is 78.1. The van der Waals surface area contributed by atoms with Crippen molar-refractivity contribution in [3.05, 3.63) is 109 Å². The van der Waals surface area contributed by atoms with Crippen molar-refractivity contribution in [2.45, 2.75) is 341 Å². The van der Waals surface area contributed by atoms with Crippen LogP contribution in [0.3, 0.4) is 0 Å². The first-order valence-corrected chi connectivity index (χ1v) is 34.9. The van der Waals surface area contributed by atoms with Crippen molar-refractivity contribution in [2.75, 3.05) is 13.2 Å². The highest BCUT2D eigenvalue weighted by Crippen LogP contribution is 2.17. The number of hydrogen-bond donors (Lipinski definition) is 0. The summed E-state index contributed by atoms with van der Waals surface area (Å²) in [7, 11) is 0. The van der Waals surface area contributed by atoms with Crippen LogP contribution in [0.25, 0.3) is 0 Å². The van der Waals surface area contributed by atoms with Crippen LogP contribution >= 0.6 is 0 Å². The molecule has 0 amide bonds. The molecule has 0 radical (unpaired) electrons. The largest absolute Gasteiger partial charge is 0.462 e. The molecule has 0 fully saturated rings. The third-order valence-electron chi connectivity index (χ3n) is 15.0. The lowest BCUT2D eigenvalue weighted by Crippen LogP contribution is -2.30. The summed E-state index contributed by atoms with van der Waals surface area (Å²) in [6, 6.07) is 0. The highest BCUT2D eigenvalue weighted by atomic mass is 16.6. The molecule has 6 nitrogen and oxygen atoms in total. The van der Waals surface area contributed by atoms with Gasteiger partial charge >= 0.3 is 17.9 Å². The van der Waals surface area contributed by atoms with Gasteiger partial charge in [0.2, 0.25) is 0 Å². The molecular formula is C76H130O6. The van der Waals surface area contributed by atoms with Gasteiger partial charge in [0.25, 0.3) is 0 Å². The molecule has 0 N–H and O–H groups in total. The zero-order chi connectivity index (χ0) is 59.2. The molecule has 0 aromatic carbocycles. The van der Waals surface area contributed by atoms with E-state index in [9.17, 15) is 14.4 Å². The van der Waals surface area contributed by atoms with Gasteiger partial charge in [-0.05, 0) is 109 Å². The van der Waals surface area contributed by atoms with E-state index in [4.69, 9.17) is 14.2 Å². The molecule has 0 heterocycles. The van der Waals surface area contributed by atoms with Crippen molar-refractivity contribution in [3.63, 3.8) is 0 Å². The van der Waals surface area contributed by atoms with Crippen LogP contribution in [0, 0.1) is 0 Å². The molecule has 6 heteroatoms. The molecule has 82 heavy (non-hydrogen) atoms. The minimum atomic E-state index is -0.785. The van der Waals surface area contributed by atoms with E-state index in [-0.39, 0.29) is 31.1 Å². The number of allylic oxidation sites excluding steroid dienone is 18. The van der Waals surface area contributed by atoms with Gasteiger partial charge in [-0.2, -0.15) is 0 Å². The van der Waals surface area contributed by atoms with Gasteiger partial charge in [-0.25, -0.2) is 0 Å². The third kappa shape index (κ3) is 66.9. The van der Waals surface area contributed by atoms with Crippen molar-refractivity contribution in [3.8, 4) is 0 Å². The number of rotatable bonds is 63. The number of esters is 3. The molecule has 0 aromatic rings. The molecule has 0 saturated carbocycles. The summed E-state index contributed by atoms with van der Waals surface area (Å²) in [6.07, 6.45) is 95.4. The number of carbonyl (C=O) groups is 3. The van der Waals surface area contributed by atoms with Gasteiger partial charge in [0.15, 0.2) is 6.10 Å². The van der Waals surface area contributed by atoms with Crippen LogP contribution in [0.5, 0.6) is 0 Å². The molecule has 470 valence electrons. The Bertz CT molecular complexity index is 1640. The van der Waals surface area contributed by atoms with Crippen molar-refractivity contribution < 1.29 is 28.6 Å². The summed E-state index contributed by atoms with van der Waals surface area (Å²) >= 11 is 0. The fourth-order valence-corrected chi connectivity index (χ4v) is 9.81. The molecule has 1 atom stereocenters. The zero-order valence-electron chi connectivity index (χ0n) is 54.0. The first-order chi connectivity index (χ1) is 40.5. The molecule has 0 spiro atoms. The van der Waals surface area contributed by atoms with Gasteiger partial charge in [0.1, 0.15) is 13.2 Å². The lowest BCUT2D eigenvalue weighted by Gasteiger charge is -2.18. The quantitative estimate of drug-likeness (QED) is 0.0261. The summed E-state index contributed by atoms with van der Waals surface area (Å²) in [5.74, 6) is -0.886. The molecular weight excluding hydrogens is 1010 g/mol. The van der Waals surface area contributed by atoms with Crippen LogP contribution < -0.4 is 0 Å². The minimum Gasteiger partial charge on any atom is -0.462 e. The Labute approximate surface area is 508 Å². The Morgan fingerprint density at radius 2 is 0.476 bits per heavy atom. The smallest absolute Gasteiger partial charge is 0.306 e. The maximum atomic E-state index is 12.9. The average molecular weight is 1140 g/mol. The molecule has 0 aliphatic heterocycles. The van der Waals surface area contributed by atoms with Crippen LogP contribution in [-0.2, 0) is 28.6 Å². The SMILES string of the molecule is CC/C=C\C/C=C\C/C=C\C/C=C\C/C=C\C/C=C\C/C=C\C/C=C\CCCCCCCCC(=O)OCC(COC(=O)CCCCCCCCCCCC)OC(=O)CCCCCCCCCCCCC/C=C\CCCCCCCCCC. The summed E-state index contributed by atoms with van der Waals surface area (Å²) in [5.41, 5.74) is 0. The Morgan fingerprint density at radius 3 is 0.756 bits per heavy atom. The molecule has 0 rings (SSSR count). The van der Waals surface area contributed by atoms with Gasteiger partial charge in [-0.1, -0.05) is 316 Å². The van der Waals surface area contributed by atoms with Gasteiger partial charge in [0, 0.05) is 19.3 Å². The predicted octanol–water partition coefficient (Wildman–Crippen LogP) is 24.2. The summed E-state index contributed by atoms with van der Waals surface area (Å²) in [6.45, 7) is 6.53. The Balaban J connectivity index is 4.25. The van der Waals surface area contributed by atoms with Crippen LogP contribution in [0.1, 0.15) is 335 Å². The van der Waals surface area contributed by atoms with E-state index >= 15 is 0 Å².